The number of carbonyl (C=O) groups excluding carboxylic acids is 2. The van der Waals surface area contributed by atoms with Gasteiger partial charge >= 0.3 is 6.03 Å². The lowest BCUT2D eigenvalue weighted by Crippen LogP contribution is -2.45. The number of nitrogens with one attached hydrogen (secondary N) is 2. The third-order valence-corrected chi connectivity index (χ3v) is 6.38. The lowest BCUT2D eigenvalue weighted by Gasteiger charge is -2.34. The molecule has 10 nitrogen and oxygen atoms in total. The highest BCUT2D eigenvalue weighted by atomic mass is 19.1. The first-order chi connectivity index (χ1) is 16.9. The summed E-state index contributed by atoms with van der Waals surface area (Å²) in [6.07, 6.45) is 1.66. The van der Waals surface area contributed by atoms with Gasteiger partial charge in [0.25, 0.3) is 5.91 Å². The number of hydrogen-bond acceptors (Lipinski definition) is 7. The van der Waals surface area contributed by atoms with Crippen LogP contribution in [0.5, 0.6) is 5.75 Å². The Morgan fingerprint density at radius 1 is 1.23 bits per heavy atom. The van der Waals surface area contributed by atoms with Gasteiger partial charge in [0.1, 0.15) is 23.8 Å². The molecule has 2 aliphatic heterocycles. The second-order valence-electron chi connectivity index (χ2n) is 8.60. The average Bonchev–Trinajstić information content (AvgIpc) is 3.37. The van der Waals surface area contributed by atoms with Gasteiger partial charge in [0.05, 0.1) is 12.8 Å². The molecule has 0 aliphatic carbocycles. The molecule has 1 fully saturated rings. The third-order valence-electron chi connectivity index (χ3n) is 6.38. The molecule has 3 amide bonds. The lowest BCUT2D eigenvalue weighted by molar-refractivity contribution is 0.0945. The summed E-state index contributed by atoms with van der Waals surface area (Å²) in [5, 5.41) is 9.72. The van der Waals surface area contributed by atoms with Crippen LogP contribution in [0.2, 0.25) is 0 Å². The highest BCUT2D eigenvalue weighted by Crippen LogP contribution is 2.31. The fraction of sp³-hybridized carbons (Fsp3) is 0.458. The molecule has 1 aromatic heterocycles. The normalized spacial score (nSPS) is 18.0. The Balaban J connectivity index is 1.45. The molecule has 4 rings (SSSR count). The van der Waals surface area contributed by atoms with E-state index < -0.39 is 5.82 Å². The van der Waals surface area contributed by atoms with Gasteiger partial charge < -0.3 is 25.1 Å². The number of oxime groups is 1. The van der Waals surface area contributed by atoms with Gasteiger partial charge in [0.2, 0.25) is 0 Å². The number of nitrogens with zero attached hydrogens (tertiary/aromatic N) is 4. The zero-order valence-corrected chi connectivity index (χ0v) is 20.0. The molecular weight excluding hydrogens is 455 g/mol. The number of methoxy groups -OCH3 is 1. The largest absolute Gasteiger partial charge is 0.494 e. The van der Waals surface area contributed by atoms with E-state index in [9.17, 15) is 14.0 Å². The molecule has 0 unspecified atom stereocenters. The summed E-state index contributed by atoms with van der Waals surface area (Å²) in [5.74, 6) is 0.0289. The number of rotatable bonds is 6. The zero-order chi connectivity index (χ0) is 24.9. The van der Waals surface area contributed by atoms with Crippen LogP contribution in [-0.2, 0) is 11.4 Å². The summed E-state index contributed by atoms with van der Waals surface area (Å²) in [6, 6.07) is 5.97. The van der Waals surface area contributed by atoms with Crippen LogP contribution in [0.3, 0.4) is 0 Å². The fourth-order valence-electron chi connectivity index (χ4n) is 4.50. The molecule has 2 aliphatic rings. The number of benzene rings is 1. The molecule has 0 saturated carbocycles. The predicted molar refractivity (Wildman–Crippen MR) is 126 cm³/mol. The van der Waals surface area contributed by atoms with E-state index in [1.807, 2.05) is 0 Å². The Bertz CT molecular complexity index is 1130. The van der Waals surface area contributed by atoms with Gasteiger partial charge in [-0.25, -0.2) is 19.2 Å². The molecule has 0 spiro atoms. The Morgan fingerprint density at radius 2 is 2.00 bits per heavy atom. The second kappa shape index (κ2) is 10.7. The maximum absolute atomic E-state index is 13.6. The standard InChI is InChI=1S/C24H29FN6O4/c1-14-28-19(22-17(13-35-30-22)16-6-8-31(9-7-16)24(33)26-2)11-20(29-14)23(32)27-12-15-4-5-18(25)21(10-15)34-3/h4-5,10-11,16-17H,6-9,12-13H2,1-3H3,(H,26,33)(H,27,32)/t17-/m0/s1. The van der Waals surface area contributed by atoms with E-state index in [1.165, 1.54) is 19.2 Å². The summed E-state index contributed by atoms with van der Waals surface area (Å²) >= 11 is 0. The second-order valence-corrected chi connectivity index (χ2v) is 8.60. The SMILES string of the molecule is CNC(=O)N1CCC([C@@H]2CON=C2c2cc(C(=O)NCc3ccc(F)c(OC)c3)nc(C)n2)CC1. The average molecular weight is 485 g/mol. The molecule has 2 aromatic rings. The molecule has 35 heavy (non-hydrogen) atoms. The molecule has 1 saturated heterocycles. The van der Waals surface area contributed by atoms with E-state index in [-0.39, 0.29) is 41.8 Å². The van der Waals surface area contributed by atoms with Crippen LogP contribution in [0.15, 0.2) is 29.4 Å². The van der Waals surface area contributed by atoms with Gasteiger partial charge in [-0.15, -0.1) is 0 Å². The molecule has 186 valence electrons. The van der Waals surface area contributed by atoms with Gasteiger partial charge in [0, 0.05) is 32.6 Å². The minimum Gasteiger partial charge on any atom is -0.494 e. The van der Waals surface area contributed by atoms with Gasteiger partial charge in [-0.05, 0) is 49.4 Å². The monoisotopic (exact) mass is 484 g/mol. The maximum atomic E-state index is 13.6. The van der Waals surface area contributed by atoms with Crippen molar-refractivity contribution in [3.63, 3.8) is 0 Å². The number of amides is 3. The highest BCUT2D eigenvalue weighted by molar-refractivity contribution is 6.03. The van der Waals surface area contributed by atoms with Crippen molar-refractivity contribution >= 4 is 17.6 Å². The summed E-state index contributed by atoms with van der Waals surface area (Å²) in [5.41, 5.74) is 2.16. The summed E-state index contributed by atoms with van der Waals surface area (Å²) < 4.78 is 18.6. The number of carbonyl (C=O) groups is 2. The lowest BCUT2D eigenvalue weighted by atomic mass is 9.81. The number of ether oxygens (including phenoxy) is 1. The highest BCUT2D eigenvalue weighted by Gasteiger charge is 2.36. The molecule has 1 aromatic carbocycles. The summed E-state index contributed by atoms with van der Waals surface area (Å²) in [7, 11) is 3.02. The van der Waals surface area contributed by atoms with Crippen LogP contribution in [0.4, 0.5) is 9.18 Å². The van der Waals surface area contributed by atoms with E-state index in [1.54, 1.807) is 31.0 Å². The van der Waals surface area contributed by atoms with Crippen molar-refractivity contribution in [1.82, 2.24) is 25.5 Å². The maximum Gasteiger partial charge on any atom is 0.317 e. The van der Waals surface area contributed by atoms with Crippen LogP contribution in [-0.4, -0.2) is 66.4 Å². The molecule has 3 heterocycles. The van der Waals surface area contributed by atoms with Crippen molar-refractivity contribution in [1.29, 1.82) is 0 Å². The van der Waals surface area contributed by atoms with Gasteiger partial charge in [0.15, 0.2) is 11.6 Å². The first-order valence-corrected chi connectivity index (χ1v) is 11.5. The van der Waals surface area contributed by atoms with Gasteiger partial charge in [-0.3, -0.25) is 4.79 Å². The Hall–Kier alpha value is -3.76. The first kappa shape index (κ1) is 24.4. The van der Waals surface area contributed by atoms with E-state index >= 15 is 0 Å². The van der Waals surface area contributed by atoms with Crippen molar-refractivity contribution in [3.8, 4) is 5.75 Å². The molecular formula is C24H29FN6O4. The Labute approximate surface area is 202 Å². The number of hydrogen-bond donors (Lipinski definition) is 2. The molecule has 0 radical (unpaired) electrons. The molecule has 0 bridgehead atoms. The number of aromatic nitrogens is 2. The number of halogens is 1. The number of likely N-dealkylation sites (tertiary alicyclic amines) is 1. The van der Waals surface area contributed by atoms with Crippen LogP contribution in [0, 0.1) is 24.6 Å². The third kappa shape index (κ3) is 5.50. The van der Waals surface area contributed by atoms with E-state index in [0.29, 0.717) is 42.5 Å². The molecule has 2 N–H and O–H groups in total. The first-order valence-electron chi connectivity index (χ1n) is 11.5. The van der Waals surface area contributed by atoms with Crippen LogP contribution in [0.1, 0.15) is 40.4 Å². The van der Waals surface area contributed by atoms with Crippen molar-refractivity contribution in [3.05, 3.63) is 52.9 Å². The topological polar surface area (TPSA) is 118 Å². The summed E-state index contributed by atoms with van der Waals surface area (Å²) in [6.45, 7) is 3.68. The quantitative estimate of drug-likeness (QED) is 0.650. The predicted octanol–water partition coefficient (Wildman–Crippen LogP) is 2.26. The Morgan fingerprint density at radius 3 is 2.71 bits per heavy atom. The van der Waals surface area contributed by atoms with E-state index in [2.05, 4.69) is 25.8 Å². The minimum atomic E-state index is -0.466. The summed E-state index contributed by atoms with van der Waals surface area (Å²) in [4.78, 5) is 40.8. The Kier molecular flexibility index (Phi) is 7.42. The van der Waals surface area contributed by atoms with Crippen molar-refractivity contribution in [2.75, 3.05) is 33.9 Å². The van der Waals surface area contributed by atoms with Crippen LogP contribution >= 0.6 is 0 Å². The van der Waals surface area contributed by atoms with Crippen LogP contribution < -0.4 is 15.4 Å². The van der Waals surface area contributed by atoms with E-state index in [4.69, 9.17) is 9.57 Å². The van der Waals surface area contributed by atoms with Crippen LogP contribution in [0.25, 0.3) is 0 Å². The van der Waals surface area contributed by atoms with Crippen molar-refractivity contribution in [2.45, 2.75) is 26.3 Å². The number of aryl methyl sites for hydroxylation is 1. The number of urea groups is 1. The minimum absolute atomic E-state index is 0.0266. The van der Waals surface area contributed by atoms with Gasteiger partial charge in [-0.2, -0.15) is 0 Å². The smallest absolute Gasteiger partial charge is 0.317 e. The fourth-order valence-corrected chi connectivity index (χ4v) is 4.50. The molecule has 1 atom stereocenters. The number of piperidine rings is 1. The molecule has 11 heteroatoms. The zero-order valence-electron chi connectivity index (χ0n) is 20.0. The van der Waals surface area contributed by atoms with Gasteiger partial charge in [-0.1, -0.05) is 11.2 Å². The van der Waals surface area contributed by atoms with Crippen molar-refractivity contribution in [2.24, 2.45) is 17.0 Å². The van der Waals surface area contributed by atoms with Crippen molar-refractivity contribution < 1.29 is 23.6 Å². The van der Waals surface area contributed by atoms with E-state index in [0.717, 1.165) is 12.8 Å².